The topological polar surface area (TPSA) is 43.4 Å². The van der Waals surface area contributed by atoms with Gasteiger partial charge in [-0.2, -0.15) is 8.42 Å². The molecule has 1 saturated carbocycles. The van der Waals surface area contributed by atoms with Crippen LogP contribution >= 0.6 is 0 Å². The Balaban J connectivity index is 2.83. The van der Waals surface area contributed by atoms with Crippen molar-refractivity contribution in [3.8, 4) is 0 Å². The second-order valence-corrected chi connectivity index (χ2v) is 6.03. The highest BCUT2D eigenvalue weighted by atomic mass is 32.2. The van der Waals surface area contributed by atoms with E-state index in [0.29, 0.717) is 5.92 Å². The molecule has 0 saturated heterocycles. The predicted octanol–water partition coefficient (Wildman–Crippen LogP) is 2.34. The van der Waals surface area contributed by atoms with E-state index in [1.165, 1.54) is 0 Å². The first-order valence-electron chi connectivity index (χ1n) is 5.52. The van der Waals surface area contributed by atoms with Gasteiger partial charge in [0.25, 0.3) is 10.1 Å². The Kier molecular flexibility index (Phi) is 4.34. The summed E-state index contributed by atoms with van der Waals surface area (Å²) in [4.78, 5) is 0. The maximum absolute atomic E-state index is 11.8. The van der Waals surface area contributed by atoms with Gasteiger partial charge in [0.1, 0.15) is 0 Å². The molecule has 1 aliphatic carbocycles. The van der Waals surface area contributed by atoms with Gasteiger partial charge >= 0.3 is 0 Å². The summed E-state index contributed by atoms with van der Waals surface area (Å²) in [5, 5.41) is -0.344. The Morgan fingerprint density at radius 2 is 2.07 bits per heavy atom. The maximum Gasteiger partial charge on any atom is 0.270 e. The number of allylic oxidation sites excluding steroid dienone is 2. The average Bonchev–Trinajstić information content (AvgIpc) is 2.48. The highest BCUT2D eigenvalue weighted by molar-refractivity contribution is 7.87. The lowest BCUT2D eigenvalue weighted by molar-refractivity contribution is 0.327. The fourth-order valence-corrected chi connectivity index (χ4v) is 4.01. The summed E-state index contributed by atoms with van der Waals surface area (Å²) in [5.41, 5.74) is 0. The van der Waals surface area contributed by atoms with E-state index in [2.05, 4.69) is 6.92 Å². The number of hydrogen-bond acceptors (Lipinski definition) is 3. The minimum absolute atomic E-state index is 0.126. The minimum atomic E-state index is -3.37. The molecule has 4 heteroatoms. The van der Waals surface area contributed by atoms with Gasteiger partial charge in [0.2, 0.25) is 0 Å². The quantitative estimate of drug-likeness (QED) is 0.552. The van der Waals surface area contributed by atoms with Gasteiger partial charge in [0, 0.05) is 0 Å². The zero-order valence-corrected chi connectivity index (χ0v) is 10.5. The maximum atomic E-state index is 11.8. The van der Waals surface area contributed by atoms with Crippen molar-refractivity contribution < 1.29 is 12.6 Å². The first-order chi connectivity index (χ1) is 7.01. The van der Waals surface area contributed by atoms with E-state index in [4.69, 9.17) is 4.18 Å². The molecule has 0 bridgehead atoms. The van der Waals surface area contributed by atoms with E-state index >= 15 is 0 Å². The van der Waals surface area contributed by atoms with Crippen molar-refractivity contribution in [3.63, 3.8) is 0 Å². The molecule has 15 heavy (non-hydrogen) atoms. The third-order valence-corrected chi connectivity index (χ3v) is 4.73. The molecule has 1 rings (SSSR count). The van der Waals surface area contributed by atoms with Gasteiger partial charge in [0.05, 0.1) is 11.9 Å². The van der Waals surface area contributed by atoms with Crippen LogP contribution in [0.25, 0.3) is 0 Å². The minimum Gasteiger partial charge on any atom is -0.270 e. The molecule has 0 amide bonds. The molecule has 3 unspecified atom stereocenters. The van der Waals surface area contributed by atoms with Crippen LogP contribution in [-0.4, -0.2) is 20.3 Å². The lowest BCUT2D eigenvalue weighted by atomic mass is 10.1. The molecule has 0 aromatic carbocycles. The summed E-state index contributed by atoms with van der Waals surface area (Å²) in [6.45, 7) is 5.96. The third-order valence-electron chi connectivity index (χ3n) is 2.88. The van der Waals surface area contributed by atoms with E-state index in [-0.39, 0.29) is 17.8 Å². The van der Waals surface area contributed by atoms with Crippen LogP contribution in [0.1, 0.15) is 33.6 Å². The molecule has 0 N–H and O–H groups in total. The normalized spacial score (nSPS) is 32.6. The zero-order chi connectivity index (χ0) is 11.5. The molecular formula is C11H20O3S. The van der Waals surface area contributed by atoms with Gasteiger partial charge in [-0.3, -0.25) is 4.18 Å². The first kappa shape index (κ1) is 12.7. The highest BCUT2D eigenvalue weighted by Gasteiger charge is 2.39. The molecule has 0 aromatic heterocycles. The molecule has 3 nitrogen and oxygen atoms in total. The Bertz CT molecular complexity index is 319. The van der Waals surface area contributed by atoms with E-state index in [0.717, 1.165) is 12.8 Å². The SMILES string of the molecule is C/C=C/C1CC(C)CC1S(=O)(=O)OCC. The lowest BCUT2D eigenvalue weighted by Gasteiger charge is -2.15. The summed E-state index contributed by atoms with van der Waals surface area (Å²) in [7, 11) is -3.37. The summed E-state index contributed by atoms with van der Waals surface area (Å²) in [6.07, 6.45) is 5.58. The molecule has 0 heterocycles. The summed E-state index contributed by atoms with van der Waals surface area (Å²) in [6, 6.07) is 0. The molecule has 0 spiro atoms. The van der Waals surface area contributed by atoms with E-state index in [1.54, 1.807) is 6.92 Å². The van der Waals surface area contributed by atoms with Crippen molar-refractivity contribution in [3.05, 3.63) is 12.2 Å². The Labute approximate surface area is 92.6 Å². The van der Waals surface area contributed by atoms with Crippen LogP contribution in [0.2, 0.25) is 0 Å². The van der Waals surface area contributed by atoms with Gasteiger partial charge in [0.15, 0.2) is 0 Å². The average molecular weight is 232 g/mol. The van der Waals surface area contributed by atoms with Gasteiger partial charge in [-0.15, -0.1) is 0 Å². The first-order valence-corrected chi connectivity index (χ1v) is 6.99. The summed E-state index contributed by atoms with van der Waals surface area (Å²) < 4.78 is 28.5. The van der Waals surface area contributed by atoms with Crippen LogP contribution in [0.3, 0.4) is 0 Å². The van der Waals surface area contributed by atoms with E-state index in [1.807, 2.05) is 19.1 Å². The van der Waals surface area contributed by atoms with Crippen LogP contribution in [0.15, 0.2) is 12.2 Å². The van der Waals surface area contributed by atoms with Gasteiger partial charge in [-0.1, -0.05) is 19.1 Å². The van der Waals surface area contributed by atoms with Crippen LogP contribution in [0.4, 0.5) is 0 Å². The predicted molar refractivity (Wildman–Crippen MR) is 61.0 cm³/mol. The molecule has 1 fully saturated rings. The van der Waals surface area contributed by atoms with Crippen molar-refractivity contribution in [2.45, 2.75) is 38.9 Å². The zero-order valence-electron chi connectivity index (χ0n) is 9.64. The lowest BCUT2D eigenvalue weighted by Crippen LogP contribution is -2.26. The van der Waals surface area contributed by atoms with Crippen LogP contribution < -0.4 is 0 Å². The summed E-state index contributed by atoms with van der Waals surface area (Å²) in [5.74, 6) is 0.591. The smallest absolute Gasteiger partial charge is 0.270 e. The van der Waals surface area contributed by atoms with E-state index < -0.39 is 10.1 Å². The Morgan fingerprint density at radius 1 is 1.40 bits per heavy atom. The van der Waals surface area contributed by atoms with Crippen molar-refractivity contribution in [2.75, 3.05) is 6.61 Å². The second kappa shape index (κ2) is 5.12. The van der Waals surface area contributed by atoms with Crippen LogP contribution in [0, 0.1) is 11.8 Å². The Hall–Kier alpha value is -0.350. The number of rotatable bonds is 4. The van der Waals surface area contributed by atoms with Crippen molar-refractivity contribution in [2.24, 2.45) is 11.8 Å². The van der Waals surface area contributed by atoms with Crippen LogP contribution in [-0.2, 0) is 14.3 Å². The van der Waals surface area contributed by atoms with Crippen molar-refractivity contribution in [1.29, 1.82) is 0 Å². The molecule has 0 aromatic rings. The fraction of sp³-hybridized carbons (Fsp3) is 0.818. The largest absolute Gasteiger partial charge is 0.270 e. The van der Waals surface area contributed by atoms with Gasteiger partial charge in [-0.25, -0.2) is 0 Å². The monoisotopic (exact) mass is 232 g/mol. The van der Waals surface area contributed by atoms with Gasteiger partial charge < -0.3 is 0 Å². The molecule has 88 valence electrons. The molecular weight excluding hydrogens is 212 g/mol. The van der Waals surface area contributed by atoms with Crippen molar-refractivity contribution in [1.82, 2.24) is 0 Å². The standard InChI is InChI=1S/C11H20O3S/c1-4-6-10-7-9(3)8-11(10)15(12,13)14-5-2/h4,6,9-11H,5,7-8H2,1-3H3/b6-4+. The molecule has 1 aliphatic rings. The summed E-state index contributed by atoms with van der Waals surface area (Å²) >= 11 is 0. The Morgan fingerprint density at radius 3 is 2.60 bits per heavy atom. The third kappa shape index (κ3) is 3.05. The van der Waals surface area contributed by atoms with Crippen LogP contribution in [0.5, 0.6) is 0 Å². The second-order valence-electron chi connectivity index (χ2n) is 4.20. The number of hydrogen-bond donors (Lipinski definition) is 0. The molecule has 0 aliphatic heterocycles. The molecule has 0 radical (unpaired) electrons. The molecule has 3 atom stereocenters. The van der Waals surface area contributed by atoms with E-state index in [9.17, 15) is 8.42 Å². The van der Waals surface area contributed by atoms with Crippen molar-refractivity contribution >= 4 is 10.1 Å². The highest BCUT2D eigenvalue weighted by Crippen LogP contribution is 2.36. The fourth-order valence-electron chi connectivity index (χ4n) is 2.32. The van der Waals surface area contributed by atoms with Gasteiger partial charge in [-0.05, 0) is 38.5 Å².